The first-order valence-electron chi connectivity index (χ1n) is 6.66. The Bertz CT molecular complexity index is 506. The van der Waals surface area contributed by atoms with Crippen molar-refractivity contribution in [1.29, 1.82) is 0 Å². The molecule has 0 radical (unpaired) electrons. The maximum absolute atomic E-state index is 12.2. The van der Waals surface area contributed by atoms with Crippen LogP contribution in [-0.2, 0) is 11.8 Å². The highest BCUT2D eigenvalue weighted by Gasteiger charge is 2.22. The van der Waals surface area contributed by atoms with Crippen molar-refractivity contribution in [1.82, 2.24) is 14.5 Å². The number of aryl methyl sites for hydroxylation is 1. The lowest BCUT2D eigenvalue weighted by molar-refractivity contribution is -0.132. The summed E-state index contributed by atoms with van der Waals surface area (Å²) in [5.74, 6) is 0.260. The summed E-state index contributed by atoms with van der Waals surface area (Å²) in [7, 11) is 1.66. The van der Waals surface area contributed by atoms with E-state index in [2.05, 4.69) is 10.3 Å². The number of hydrogen-bond acceptors (Lipinski definition) is 4. The fourth-order valence-electron chi connectivity index (χ4n) is 2.25. The monoisotopic (exact) mass is 264 g/mol. The Hall–Kier alpha value is -1.85. The number of anilines is 1. The maximum atomic E-state index is 12.2. The average Bonchev–Trinajstić information content (AvgIpc) is 2.44. The van der Waals surface area contributed by atoms with Crippen LogP contribution in [0.2, 0.25) is 0 Å². The Morgan fingerprint density at radius 1 is 1.37 bits per heavy atom. The third kappa shape index (κ3) is 3.13. The van der Waals surface area contributed by atoms with Gasteiger partial charge in [-0.15, -0.1) is 0 Å². The van der Waals surface area contributed by atoms with Crippen molar-refractivity contribution in [3.05, 3.63) is 22.7 Å². The molecule has 1 N–H and O–H groups in total. The zero-order valence-electron chi connectivity index (χ0n) is 11.4. The van der Waals surface area contributed by atoms with Crippen molar-refractivity contribution in [3.8, 4) is 0 Å². The van der Waals surface area contributed by atoms with Crippen LogP contribution in [0.25, 0.3) is 0 Å². The smallest absolute Gasteiger partial charge is 0.293 e. The molecule has 104 valence electrons. The SMILES string of the molecule is CC(Nc1nccn(C)c1=O)C(=O)N1CCCCC1. The Morgan fingerprint density at radius 2 is 2.05 bits per heavy atom. The second-order valence-corrected chi connectivity index (χ2v) is 4.94. The van der Waals surface area contributed by atoms with Gasteiger partial charge in [-0.05, 0) is 26.2 Å². The van der Waals surface area contributed by atoms with E-state index in [-0.39, 0.29) is 17.3 Å². The van der Waals surface area contributed by atoms with E-state index in [4.69, 9.17) is 0 Å². The lowest BCUT2D eigenvalue weighted by Gasteiger charge is -2.29. The van der Waals surface area contributed by atoms with Crippen LogP contribution >= 0.6 is 0 Å². The normalized spacial score (nSPS) is 17.1. The van der Waals surface area contributed by atoms with E-state index in [0.717, 1.165) is 25.9 Å². The van der Waals surface area contributed by atoms with Crippen LogP contribution in [0.3, 0.4) is 0 Å². The molecule has 1 unspecified atom stereocenters. The summed E-state index contributed by atoms with van der Waals surface area (Å²) in [4.78, 5) is 29.9. The van der Waals surface area contributed by atoms with Gasteiger partial charge < -0.3 is 14.8 Å². The molecule has 1 aromatic rings. The Morgan fingerprint density at radius 3 is 2.74 bits per heavy atom. The molecule has 1 saturated heterocycles. The van der Waals surface area contributed by atoms with Gasteiger partial charge in [0.25, 0.3) is 5.56 Å². The molecule has 0 spiro atoms. The summed E-state index contributed by atoms with van der Waals surface area (Å²) < 4.78 is 1.44. The third-order valence-electron chi connectivity index (χ3n) is 3.41. The lowest BCUT2D eigenvalue weighted by atomic mass is 10.1. The molecule has 0 aromatic carbocycles. The molecule has 6 nitrogen and oxygen atoms in total. The fourth-order valence-corrected chi connectivity index (χ4v) is 2.25. The van der Waals surface area contributed by atoms with Gasteiger partial charge in [-0.25, -0.2) is 4.98 Å². The number of carbonyl (C=O) groups is 1. The molecule has 1 atom stereocenters. The van der Waals surface area contributed by atoms with Gasteiger partial charge in [0, 0.05) is 32.5 Å². The molecule has 2 rings (SSSR count). The number of hydrogen-bond donors (Lipinski definition) is 1. The van der Waals surface area contributed by atoms with Crippen LogP contribution in [-0.4, -0.2) is 39.5 Å². The Labute approximate surface area is 112 Å². The van der Waals surface area contributed by atoms with Crippen LogP contribution in [0.1, 0.15) is 26.2 Å². The number of carbonyl (C=O) groups excluding carboxylic acids is 1. The highest BCUT2D eigenvalue weighted by molar-refractivity contribution is 5.84. The molecule has 1 aliphatic heterocycles. The molecule has 19 heavy (non-hydrogen) atoms. The summed E-state index contributed by atoms with van der Waals surface area (Å²) in [6, 6.07) is -0.430. The first-order chi connectivity index (χ1) is 9.09. The standard InChI is InChI=1S/C13H20N4O2/c1-10(12(18)17-7-4-3-5-8-17)15-11-13(19)16(2)9-6-14-11/h6,9-10H,3-5,7-8H2,1-2H3,(H,14,15). The van der Waals surface area contributed by atoms with E-state index in [1.807, 2.05) is 4.90 Å². The molecule has 1 fully saturated rings. The van der Waals surface area contributed by atoms with Gasteiger partial charge in [-0.3, -0.25) is 9.59 Å². The zero-order chi connectivity index (χ0) is 13.8. The van der Waals surface area contributed by atoms with E-state index < -0.39 is 6.04 Å². The van der Waals surface area contributed by atoms with Crippen molar-refractivity contribution >= 4 is 11.7 Å². The minimum absolute atomic E-state index is 0.0346. The Balaban J connectivity index is 2.03. The summed E-state index contributed by atoms with van der Waals surface area (Å²) in [6.45, 7) is 3.39. The molecule has 1 aromatic heterocycles. The maximum Gasteiger partial charge on any atom is 0.293 e. The van der Waals surface area contributed by atoms with Crippen molar-refractivity contribution in [2.75, 3.05) is 18.4 Å². The highest BCUT2D eigenvalue weighted by atomic mass is 16.2. The van der Waals surface area contributed by atoms with E-state index in [9.17, 15) is 9.59 Å². The highest BCUT2D eigenvalue weighted by Crippen LogP contribution is 2.11. The van der Waals surface area contributed by atoms with Gasteiger partial charge in [0.05, 0.1) is 0 Å². The summed E-state index contributed by atoms with van der Waals surface area (Å²) in [6.07, 6.45) is 6.44. The van der Waals surface area contributed by atoms with Gasteiger partial charge in [-0.1, -0.05) is 0 Å². The van der Waals surface area contributed by atoms with Crippen molar-refractivity contribution in [2.45, 2.75) is 32.2 Å². The lowest BCUT2D eigenvalue weighted by Crippen LogP contribution is -2.44. The quantitative estimate of drug-likeness (QED) is 0.868. The Kier molecular flexibility index (Phi) is 4.19. The molecule has 0 aliphatic carbocycles. The third-order valence-corrected chi connectivity index (χ3v) is 3.41. The van der Waals surface area contributed by atoms with Crippen LogP contribution in [0, 0.1) is 0 Å². The minimum Gasteiger partial charge on any atom is -0.354 e. The predicted molar refractivity (Wildman–Crippen MR) is 73.0 cm³/mol. The van der Waals surface area contributed by atoms with Crippen molar-refractivity contribution in [3.63, 3.8) is 0 Å². The number of nitrogens with zero attached hydrogens (tertiary/aromatic N) is 3. The van der Waals surface area contributed by atoms with E-state index in [1.165, 1.54) is 11.0 Å². The summed E-state index contributed by atoms with van der Waals surface area (Å²) in [5.41, 5.74) is -0.221. The number of rotatable bonds is 3. The van der Waals surface area contributed by atoms with Crippen molar-refractivity contribution in [2.24, 2.45) is 7.05 Å². The second-order valence-electron chi connectivity index (χ2n) is 4.94. The van der Waals surface area contributed by atoms with Crippen LogP contribution in [0.5, 0.6) is 0 Å². The zero-order valence-corrected chi connectivity index (χ0v) is 11.4. The minimum atomic E-state index is -0.430. The molecular weight excluding hydrogens is 244 g/mol. The largest absolute Gasteiger partial charge is 0.354 e. The summed E-state index contributed by atoms with van der Waals surface area (Å²) in [5, 5.41) is 2.91. The molecule has 6 heteroatoms. The van der Waals surface area contributed by atoms with Gasteiger partial charge in [-0.2, -0.15) is 0 Å². The molecule has 0 bridgehead atoms. The first kappa shape index (κ1) is 13.6. The number of likely N-dealkylation sites (tertiary alicyclic amines) is 1. The predicted octanol–water partition coefficient (Wildman–Crippen LogP) is 0.593. The number of piperidine rings is 1. The fraction of sp³-hybridized carbons (Fsp3) is 0.615. The number of nitrogens with one attached hydrogen (secondary N) is 1. The van der Waals surface area contributed by atoms with E-state index in [1.54, 1.807) is 26.4 Å². The van der Waals surface area contributed by atoms with Crippen molar-refractivity contribution < 1.29 is 4.79 Å². The van der Waals surface area contributed by atoms with E-state index in [0.29, 0.717) is 0 Å². The summed E-state index contributed by atoms with van der Waals surface area (Å²) >= 11 is 0. The van der Waals surface area contributed by atoms with Gasteiger partial charge in [0.15, 0.2) is 5.82 Å². The molecule has 1 aliphatic rings. The van der Waals surface area contributed by atoms with Crippen LogP contribution in [0.4, 0.5) is 5.82 Å². The van der Waals surface area contributed by atoms with Gasteiger partial charge in [0.1, 0.15) is 6.04 Å². The van der Waals surface area contributed by atoms with E-state index >= 15 is 0 Å². The number of amides is 1. The van der Waals surface area contributed by atoms with Gasteiger partial charge in [0.2, 0.25) is 5.91 Å². The molecule has 1 amide bonds. The molecule has 0 saturated carbocycles. The van der Waals surface area contributed by atoms with Gasteiger partial charge >= 0.3 is 0 Å². The molecular formula is C13H20N4O2. The molecule has 2 heterocycles. The average molecular weight is 264 g/mol. The number of aromatic nitrogens is 2. The van der Waals surface area contributed by atoms with Crippen LogP contribution in [0.15, 0.2) is 17.2 Å². The first-order valence-corrected chi connectivity index (χ1v) is 6.66. The topological polar surface area (TPSA) is 67.2 Å². The van der Waals surface area contributed by atoms with Crippen LogP contribution < -0.4 is 10.9 Å². The second kappa shape index (κ2) is 5.86.